The Morgan fingerprint density at radius 3 is 1.52 bits per heavy atom. The third-order valence-corrected chi connectivity index (χ3v) is 13.1. The van der Waals surface area contributed by atoms with E-state index in [4.69, 9.17) is 14.2 Å². The highest BCUT2D eigenvalue weighted by molar-refractivity contribution is 5.80. The number of aliphatic hydroxyl groups excluding tert-OH is 5. The van der Waals surface area contributed by atoms with Crippen molar-refractivity contribution in [1.82, 2.24) is 5.32 Å². The topological polar surface area (TPSA) is 175 Å². The van der Waals surface area contributed by atoms with Crippen LogP contribution in [-0.2, 0) is 23.8 Å². The molecule has 67 heavy (non-hydrogen) atoms. The van der Waals surface area contributed by atoms with Gasteiger partial charge in [-0.15, -0.1) is 0 Å². The van der Waals surface area contributed by atoms with E-state index in [1.54, 1.807) is 6.08 Å². The third-order valence-electron chi connectivity index (χ3n) is 13.1. The van der Waals surface area contributed by atoms with E-state index in [0.717, 1.165) is 83.5 Å². The molecule has 1 saturated heterocycles. The average molecular weight is 950 g/mol. The summed E-state index contributed by atoms with van der Waals surface area (Å²) in [5.41, 5.74) is 0. The van der Waals surface area contributed by atoms with Crippen LogP contribution in [0.4, 0.5) is 0 Å². The van der Waals surface area contributed by atoms with Crippen molar-refractivity contribution in [1.29, 1.82) is 0 Å². The van der Waals surface area contributed by atoms with Crippen LogP contribution in [0.25, 0.3) is 0 Å². The standard InChI is InChI=1S/C56H103NO10/c1-4-7-10-13-16-19-22-24-25-27-29-32-35-38-41-44-51(61)67-54-53(63)52(62)50(45-58)66-56(54)65-46-47(48(59)42-39-36-33-31-28-26-23-20-17-14-11-8-5-2)57-55(64)49(60)43-40-37-34-30-21-18-15-12-9-6-3/h16,19,22,24,39,42,47-50,52-54,56,58-60,62-63H,4-15,17-18,20-21,23,25-38,40-41,43-46H2,1-3H3,(H,57,64)/b19-16+,24-22+,42-39+. The van der Waals surface area contributed by atoms with E-state index in [9.17, 15) is 35.1 Å². The molecule has 392 valence electrons. The Morgan fingerprint density at radius 2 is 1.01 bits per heavy atom. The largest absolute Gasteiger partial charge is 0.454 e. The first-order chi connectivity index (χ1) is 32.7. The molecular weight excluding hydrogens is 847 g/mol. The van der Waals surface area contributed by atoms with Crippen LogP contribution >= 0.6 is 0 Å². The Labute approximate surface area is 409 Å². The van der Waals surface area contributed by atoms with Crippen molar-refractivity contribution in [3.05, 3.63) is 36.5 Å². The predicted molar refractivity (Wildman–Crippen MR) is 274 cm³/mol. The molecule has 8 unspecified atom stereocenters. The van der Waals surface area contributed by atoms with Gasteiger partial charge >= 0.3 is 5.97 Å². The highest BCUT2D eigenvalue weighted by atomic mass is 16.7. The molecule has 0 spiro atoms. The summed E-state index contributed by atoms with van der Waals surface area (Å²) in [5.74, 6) is -1.20. The Hall–Kier alpha value is -2.12. The van der Waals surface area contributed by atoms with Crippen LogP contribution in [0, 0.1) is 0 Å². The number of esters is 1. The smallest absolute Gasteiger partial charge is 0.306 e. The van der Waals surface area contributed by atoms with Crippen LogP contribution in [-0.4, -0.2) is 99.6 Å². The molecule has 0 radical (unpaired) electrons. The Morgan fingerprint density at radius 1 is 0.582 bits per heavy atom. The molecule has 0 aromatic heterocycles. The molecule has 0 saturated carbocycles. The molecule has 11 heteroatoms. The zero-order valence-corrected chi connectivity index (χ0v) is 43.0. The van der Waals surface area contributed by atoms with Crippen LogP contribution in [0.5, 0.6) is 0 Å². The van der Waals surface area contributed by atoms with Gasteiger partial charge in [0.25, 0.3) is 0 Å². The summed E-state index contributed by atoms with van der Waals surface area (Å²) in [5, 5.41) is 56.7. The maximum Gasteiger partial charge on any atom is 0.306 e. The van der Waals surface area contributed by atoms with Gasteiger partial charge in [-0.05, 0) is 51.4 Å². The lowest BCUT2D eigenvalue weighted by atomic mass is 9.99. The third kappa shape index (κ3) is 34.0. The summed E-state index contributed by atoms with van der Waals surface area (Å²) in [6, 6.07) is -1.02. The minimum absolute atomic E-state index is 0.112. The Kier molecular flexibility index (Phi) is 42.3. The molecule has 0 bridgehead atoms. The second kappa shape index (κ2) is 45.0. The molecule has 0 aromatic carbocycles. The molecule has 1 aliphatic rings. The van der Waals surface area contributed by atoms with E-state index >= 15 is 0 Å². The quantitative estimate of drug-likeness (QED) is 0.0149. The molecule has 0 aromatic rings. The SMILES string of the molecule is CCCCC/C=C/C=C/CCCCCCCCC(=O)OC1C(OCC(NC(=O)C(O)CCCCCCCCCCCC)C(O)/C=C/CCCCCCCCCCCCC)OC(CO)C(O)C1O. The molecule has 11 nitrogen and oxygen atoms in total. The number of allylic oxidation sites excluding steroid dienone is 5. The predicted octanol–water partition coefficient (Wildman–Crippen LogP) is 11.9. The first-order valence-electron chi connectivity index (χ1n) is 27.8. The first-order valence-corrected chi connectivity index (χ1v) is 27.8. The summed E-state index contributed by atoms with van der Waals surface area (Å²) >= 11 is 0. The van der Waals surface area contributed by atoms with Crippen molar-refractivity contribution in [2.75, 3.05) is 13.2 Å². The van der Waals surface area contributed by atoms with Crippen LogP contribution in [0.2, 0.25) is 0 Å². The van der Waals surface area contributed by atoms with Crippen LogP contribution < -0.4 is 5.32 Å². The number of hydrogen-bond donors (Lipinski definition) is 6. The molecule has 1 amide bonds. The minimum atomic E-state index is -1.61. The van der Waals surface area contributed by atoms with Gasteiger partial charge in [0.2, 0.25) is 5.91 Å². The monoisotopic (exact) mass is 950 g/mol. The highest BCUT2D eigenvalue weighted by Gasteiger charge is 2.47. The molecule has 1 fully saturated rings. The summed E-state index contributed by atoms with van der Waals surface area (Å²) in [7, 11) is 0. The minimum Gasteiger partial charge on any atom is -0.454 e. The molecule has 1 heterocycles. The molecule has 8 atom stereocenters. The number of unbranched alkanes of at least 4 members (excludes halogenated alkanes) is 29. The second-order valence-electron chi connectivity index (χ2n) is 19.4. The number of hydrogen-bond acceptors (Lipinski definition) is 10. The number of nitrogens with one attached hydrogen (secondary N) is 1. The Balaban J connectivity index is 2.76. The van der Waals surface area contributed by atoms with Gasteiger partial charge in [-0.2, -0.15) is 0 Å². The van der Waals surface area contributed by atoms with Crippen molar-refractivity contribution in [3.8, 4) is 0 Å². The van der Waals surface area contributed by atoms with Gasteiger partial charge in [-0.1, -0.05) is 224 Å². The summed E-state index contributed by atoms with van der Waals surface area (Å²) < 4.78 is 17.5. The fraction of sp³-hybridized carbons (Fsp3) is 0.857. The maximum atomic E-state index is 13.3. The van der Waals surface area contributed by atoms with E-state index in [1.165, 1.54) is 116 Å². The number of aliphatic hydroxyl groups is 5. The van der Waals surface area contributed by atoms with Crippen molar-refractivity contribution in [2.45, 2.75) is 294 Å². The highest BCUT2D eigenvalue weighted by Crippen LogP contribution is 2.26. The summed E-state index contributed by atoms with van der Waals surface area (Å²) in [6.07, 6.45) is 40.5. The number of ether oxygens (including phenoxy) is 3. The van der Waals surface area contributed by atoms with Crippen LogP contribution in [0.1, 0.15) is 245 Å². The molecule has 6 N–H and O–H groups in total. The lowest BCUT2D eigenvalue weighted by molar-refractivity contribution is -0.305. The zero-order chi connectivity index (χ0) is 49.0. The van der Waals surface area contributed by atoms with Crippen molar-refractivity contribution in [3.63, 3.8) is 0 Å². The van der Waals surface area contributed by atoms with E-state index in [-0.39, 0.29) is 13.0 Å². The van der Waals surface area contributed by atoms with Gasteiger partial charge in [0.15, 0.2) is 12.4 Å². The maximum absolute atomic E-state index is 13.3. The van der Waals surface area contributed by atoms with Crippen molar-refractivity contribution < 1.29 is 49.3 Å². The normalized spacial score (nSPS) is 20.3. The first kappa shape index (κ1) is 62.9. The number of carbonyl (C=O) groups is 2. The van der Waals surface area contributed by atoms with Gasteiger partial charge in [0.05, 0.1) is 25.4 Å². The average Bonchev–Trinajstić information content (AvgIpc) is 3.32. The Bertz CT molecular complexity index is 1230. The van der Waals surface area contributed by atoms with E-state index < -0.39 is 67.4 Å². The number of carbonyl (C=O) groups excluding carboxylic acids is 2. The molecule has 1 aliphatic heterocycles. The molecule has 1 rings (SSSR count). The van der Waals surface area contributed by atoms with Crippen molar-refractivity contribution in [2.24, 2.45) is 0 Å². The van der Waals surface area contributed by atoms with Gasteiger partial charge in [0.1, 0.15) is 24.4 Å². The number of amides is 1. The summed E-state index contributed by atoms with van der Waals surface area (Å²) in [4.78, 5) is 26.4. The fourth-order valence-electron chi connectivity index (χ4n) is 8.58. The van der Waals surface area contributed by atoms with E-state index in [0.29, 0.717) is 19.3 Å². The van der Waals surface area contributed by atoms with Gasteiger partial charge in [-0.3, -0.25) is 9.59 Å². The van der Waals surface area contributed by atoms with Crippen LogP contribution in [0.15, 0.2) is 36.5 Å². The fourth-order valence-corrected chi connectivity index (χ4v) is 8.58. The van der Waals surface area contributed by atoms with Gasteiger partial charge in [0, 0.05) is 6.42 Å². The zero-order valence-electron chi connectivity index (χ0n) is 43.0. The van der Waals surface area contributed by atoms with Gasteiger partial charge < -0.3 is 45.1 Å². The van der Waals surface area contributed by atoms with Crippen LogP contribution in [0.3, 0.4) is 0 Å². The second-order valence-corrected chi connectivity index (χ2v) is 19.4. The molecule has 0 aliphatic carbocycles. The van der Waals surface area contributed by atoms with Crippen molar-refractivity contribution >= 4 is 11.9 Å². The number of rotatable bonds is 46. The van der Waals surface area contributed by atoms with Gasteiger partial charge in [-0.25, -0.2) is 0 Å². The van der Waals surface area contributed by atoms with E-state index in [1.807, 2.05) is 6.08 Å². The van der Waals surface area contributed by atoms with E-state index in [2.05, 4.69) is 50.4 Å². The molecular formula is C56H103NO10. The summed E-state index contributed by atoms with van der Waals surface area (Å²) in [6.45, 7) is 5.72. The lowest BCUT2D eigenvalue weighted by Gasteiger charge is -2.41. The lowest BCUT2D eigenvalue weighted by Crippen LogP contribution is -2.61.